The summed E-state index contributed by atoms with van der Waals surface area (Å²) in [7, 11) is 0. The summed E-state index contributed by atoms with van der Waals surface area (Å²) < 4.78 is 50.7. The number of rotatable bonds is 3. The summed E-state index contributed by atoms with van der Waals surface area (Å²) in [6.07, 6.45) is -4.88. The molecular weight excluding hydrogens is 302 g/mol. The van der Waals surface area contributed by atoms with E-state index in [2.05, 4.69) is 0 Å². The van der Waals surface area contributed by atoms with Crippen molar-refractivity contribution in [2.45, 2.75) is 24.7 Å². The topological polar surface area (TPSA) is 58.4 Å². The van der Waals surface area contributed by atoms with E-state index in [0.29, 0.717) is 18.8 Å². The lowest BCUT2D eigenvalue weighted by molar-refractivity contribution is -0.174. The fourth-order valence-corrected chi connectivity index (χ4v) is 2.37. The largest absolute Gasteiger partial charge is 0.471 e. The molecule has 0 aromatic heterocycles. The molecule has 1 fully saturated rings. The molecule has 1 saturated heterocycles. The average Bonchev–Trinajstić information content (AvgIpc) is 2.46. The quantitative estimate of drug-likeness (QED) is 0.664. The molecule has 22 heavy (non-hydrogen) atoms. The van der Waals surface area contributed by atoms with Gasteiger partial charge in [0.05, 0.1) is 6.54 Å². The maximum absolute atomic E-state index is 14.4. The number of anilines is 2. The lowest BCUT2D eigenvalue weighted by atomic mass is 9.93. The molecule has 8 heteroatoms. The number of halogens is 4. The maximum atomic E-state index is 14.4. The minimum Gasteiger partial charge on any atom is -0.399 e. The van der Waals surface area contributed by atoms with Crippen molar-refractivity contribution in [2.75, 3.05) is 30.3 Å². The van der Waals surface area contributed by atoms with E-state index in [-0.39, 0.29) is 12.8 Å². The Morgan fingerprint density at radius 3 is 2.27 bits per heavy atom. The third-order valence-electron chi connectivity index (χ3n) is 3.74. The first kappa shape index (κ1) is 16.4. The van der Waals surface area contributed by atoms with Crippen LogP contribution in [0.2, 0.25) is 0 Å². The first-order chi connectivity index (χ1) is 10.2. The summed E-state index contributed by atoms with van der Waals surface area (Å²) in [4.78, 5) is 12.7. The van der Waals surface area contributed by atoms with Gasteiger partial charge in [-0.2, -0.15) is 13.2 Å². The molecule has 1 amide bonds. The number of carbonyl (C=O) groups excluding carboxylic acids is 1. The highest BCUT2D eigenvalue weighted by atomic mass is 19.4. The summed E-state index contributed by atoms with van der Waals surface area (Å²) in [5, 5.41) is 1.62. The molecule has 4 nitrogen and oxygen atoms in total. The molecule has 1 aliphatic rings. The van der Waals surface area contributed by atoms with E-state index in [1.807, 2.05) is 17.0 Å². The van der Waals surface area contributed by atoms with Gasteiger partial charge in [0.25, 0.3) is 0 Å². The predicted molar refractivity (Wildman–Crippen MR) is 75.2 cm³/mol. The smallest absolute Gasteiger partial charge is 0.399 e. The van der Waals surface area contributed by atoms with E-state index >= 15 is 0 Å². The van der Waals surface area contributed by atoms with Crippen LogP contribution in [-0.2, 0) is 4.79 Å². The van der Waals surface area contributed by atoms with Crippen LogP contribution in [0.1, 0.15) is 12.8 Å². The predicted octanol–water partition coefficient (Wildman–Crippen LogP) is 2.26. The normalized spacial score (nSPS) is 18.1. The van der Waals surface area contributed by atoms with E-state index in [1.54, 1.807) is 17.4 Å². The van der Waals surface area contributed by atoms with Crippen LogP contribution in [0, 0.1) is 0 Å². The second-order valence-corrected chi connectivity index (χ2v) is 5.41. The number of hydrogen-bond donors (Lipinski definition) is 2. The number of nitrogens with two attached hydrogens (primary N) is 1. The van der Waals surface area contributed by atoms with E-state index < -0.39 is 24.3 Å². The number of benzene rings is 1. The molecule has 0 bridgehead atoms. The van der Waals surface area contributed by atoms with Gasteiger partial charge in [-0.3, -0.25) is 4.79 Å². The van der Waals surface area contributed by atoms with E-state index in [1.165, 1.54) is 0 Å². The molecule has 0 radical (unpaired) electrons. The maximum Gasteiger partial charge on any atom is 0.471 e. The Kier molecular flexibility index (Phi) is 4.48. The van der Waals surface area contributed by atoms with Gasteiger partial charge >= 0.3 is 12.1 Å². The first-order valence-corrected chi connectivity index (χ1v) is 6.84. The number of hydrogen-bond acceptors (Lipinski definition) is 3. The van der Waals surface area contributed by atoms with Crippen molar-refractivity contribution in [1.82, 2.24) is 5.32 Å². The highest BCUT2D eigenvalue weighted by molar-refractivity contribution is 5.81. The minimum absolute atomic E-state index is 0.0511. The lowest BCUT2D eigenvalue weighted by Crippen LogP contribution is -2.50. The summed E-state index contributed by atoms with van der Waals surface area (Å²) >= 11 is 0. The highest BCUT2D eigenvalue weighted by Crippen LogP contribution is 2.29. The molecule has 0 unspecified atom stereocenters. The van der Waals surface area contributed by atoms with Crippen molar-refractivity contribution >= 4 is 17.3 Å². The van der Waals surface area contributed by atoms with Crippen molar-refractivity contribution < 1.29 is 22.4 Å². The van der Waals surface area contributed by atoms with Gasteiger partial charge in [0.2, 0.25) is 0 Å². The van der Waals surface area contributed by atoms with Gasteiger partial charge in [0, 0.05) is 37.3 Å². The van der Waals surface area contributed by atoms with Crippen LogP contribution in [0.5, 0.6) is 0 Å². The number of nitrogens with one attached hydrogen (secondary N) is 1. The lowest BCUT2D eigenvalue weighted by Gasteiger charge is -2.37. The third kappa shape index (κ3) is 4.02. The second-order valence-electron chi connectivity index (χ2n) is 5.41. The molecule has 1 aliphatic heterocycles. The summed E-state index contributed by atoms with van der Waals surface area (Å²) in [6.45, 7) is 0.103. The minimum atomic E-state index is -4.99. The first-order valence-electron chi connectivity index (χ1n) is 6.84. The van der Waals surface area contributed by atoms with Crippen molar-refractivity contribution in [3.05, 3.63) is 24.3 Å². The zero-order valence-corrected chi connectivity index (χ0v) is 11.8. The van der Waals surface area contributed by atoms with Crippen molar-refractivity contribution in [1.29, 1.82) is 0 Å². The molecule has 1 heterocycles. The van der Waals surface area contributed by atoms with Gasteiger partial charge in [0.1, 0.15) is 5.67 Å². The Hall–Kier alpha value is -1.99. The number of alkyl halides is 4. The van der Waals surface area contributed by atoms with Crippen LogP contribution in [0.15, 0.2) is 24.3 Å². The summed E-state index contributed by atoms with van der Waals surface area (Å²) in [5.74, 6) is -2.11. The van der Waals surface area contributed by atoms with Gasteiger partial charge < -0.3 is 16.0 Å². The molecule has 0 aliphatic carbocycles. The Morgan fingerprint density at radius 2 is 1.77 bits per heavy atom. The molecule has 0 spiro atoms. The van der Waals surface area contributed by atoms with E-state index in [0.717, 1.165) is 5.69 Å². The molecule has 122 valence electrons. The highest BCUT2D eigenvalue weighted by Gasteiger charge is 2.41. The molecule has 0 saturated carbocycles. The summed E-state index contributed by atoms with van der Waals surface area (Å²) in [6, 6.07) is 7.09. The van der Waals surface area contributed by atoms with Gasteiger partial charge in [-0.15, -0.1) is 0 Å². The Morgan fingerprint density at radius 1 is 1.23 bits per heavy atom. The van der Waals surface area contributed by atoms with Crippen LogP contribution in [0.4, 0.5) is 28.9 Å². The molecular formula is C14H17F4N3O. The number of carbonyl (C=O) groups is 1. The number of piperidine rings is 1. The van der Waals surface area contributed by atoms with Crippen LogP contribution in [0.3, 0.4) is 0 Å². The van der Waals surface area contributed by atoms with E-state index in [9.17, 15) is 22.4 Å². The zero-order chi connectivity index (χ0) is 16.4. The Balaban J connectivity index is 1.88. The van der Waals surface area contributed by atoms with Crippen LogP contribution < -0.4 is 16.0 Å². The number of nitrogens with zero attached hydrogens (tertiary/aromatic N) is 1. The molecule has 1 aromatic rings. The van der Waals surface area contributed by atoms with Gasteiger partial charge in [-0.1, -0.05) is 0 Å². The SMILES string of the molecule is Nc1ccc(N2CCC(F)(CNC(=O)C(F)(F)F)CC2)cc1. The standard InChI is InChI=1S/C14H17F4N3O/c15-13(9-20-12(22)14(16,17)18)5-7-21(8-6-13)11-3-1-10(19)2-4-11/h1-4H,5-9,19H2,(H,20,22). The Bertz CT molecular complexity index is 522. The zero-order valence-electron chi connectivity index (χ0n) is 11.8. The van der Waals surface area contributed by atoms with Crippen molar-refractivity contribution in [3.63, 3.8) is 0 Å². The molecule has 3 N–H and O–H groups in total. The van der Waals surface area contributed by atoms with Gasteiger partial charge in [-0.05, 0) is 24.3 Å². The second kappa shape index (κ2) is 6.02. The van der Waals surface area contributed by atoms with Crippen LogP contribution >= 0.6 is 0 Å². The number of amides is 1. The molecule has 0 atom stereocenters. The van der Waals surface area contributed by atoms with Crippen LogP contribution in [0.25, 0.3) is 0 Å². The summed E-state index contributed by atoms with van der Waals surface area (Å²) in [5.41, 5.74) is 5.28. The van der Waals surface area contributed by atoms with Crippen molar-refractivity contribution in [2.24, 2.45) is 0 Å². The van der Waals surface area contributed by atoms with Crippen LogP contribution in [-0.4, -0.2) is 37.4 Å². The monoisotopic (exact) mass is 319 g/mol. The fraction of sp³-hybridized carbons (Fsp3) is 0.500. The average molecular weight is 319 g/mol. The van der Waals surface area contributed by atoms with Gasteiger partial charge in [-0.25, -0.2) is 4.39 Å². The van der Waals surface area contributed by atoms with E-state index in [4.69, 9.17) is 5.73 Å². The van der Waals surface area contributed by atoms with Gasteiger partial charge in [0.15, 0.2) is 0 Å². The third-order valence-corrected chi connectivity index (χ3v) is 3.74. The fourth-order valence-electron chi connectivity index (χ4n) is 2.37. The number of nitrogen functional groups attached to an aromatic ring is 1. The molecule has 1 aromatic carbocycles. The van der Waals surface area contributed by atoms with Crippen molar-refractivity contribution in [3.8, 4) is 0 Å². The molecule has 2 rings (SSSR count). The Labute approximate surface area is 125 Å².